The Kier molecular flexibility index (Phi) is 5.58. The van der Waals surface area contributed by atoms with Gasteiger partial charge >= 0.3 is 0 Å². The van der Waals surface area contributed by atoms with Crippen LogP contribution in [0.15, 0.2) is 42.5 Å². The van der Waals surface area contributed by atoms with E-state index in [0.717, 1.165) is 12.1 Å². The molecular weight excluding hydrogens is 342 g/mol. The summed E-state index contributed by atoms with van der Waals surface area (Å²) < 4.78 is 12.9. The number of nitrogens with one attached hydrogen (secondary N) is 1. The third-order valence-electron chi connectivity index (χ3n) is 3.23. The van der Waals surface area contributed by atoms with E-state index >= 15 is 0 Å². The van der Waals surface area contributed by atoms with Gasteiger partial charge in [-0.25, -0.2) is 4.39 Å². The second-order valence-corrected chi connectivity index (χ2v) is 5.65. The lowest BCUT2D eigenvalue weighted by Crippen LogP contribution is -2.46. The van der Waals surface area contributed by atoms with Crippen LogP contribution < -0.4 is 11.1 Å². The minimum atomic E-state index is -0.995. The third kappa shape index (κ3) is 4.43. The minimum Gasteiger partial charge on any atom is -0.368 e. The smallest absolute Gasteiger partial charge is 0.251 e. The molecule has 2 amide bonds. The fourth-order valence-electron chi connectivity index (χ4n) is 2.00. The Hall–Kier alpha value is -2.11. The van der Waals surface area contributed by atoms with Gasteiger partial charge in [0.25, 0.3) is 5.91 Å². The van der Waals surface area contributed by atoms with Gasteiger partial charge in [0.2, 0.25) is 5.91 Å². The first-order valence-corrected chi connectivity index (χ1v) is 7.42. The van der Waals surface area contributed by atoms with Crippen molar-refractivity contribution in [3.05, 3.63) is 69.5 Å². The van der Waals surface area contributed by atoms with Crippen molar-refractivity contribution in [1.29, 1.82) is 0 Å². The number of amides is 2. The summed E-state index contributed by atoms with van der Waals surface area (Å²) in [6, 6.07) is 8.86. The first-order chi connectivity index (χ1) is 10.9. The summed E-state index contributed by atoms with van der Waals surface area (Å²) in [5.41, 5.74) is 6.06. The Morgan fingerprint density at radius 3 is 2.17 bits per heavy atom. The Labute approximate surface area is 142 Å². The molecule has 2 aromatic rings. The SMILES string of the molecule is NC(=O)[C@@H](Cc1c(Cl)cccc1Cl)NC(=O)c1ccc(F)cc1. The van der Waals surface area contributed by atoms with Crippen LogP contribution >= 0.6 is 23.2 Å². The topological polar surface area (TPSA) is 72.2 Å². The highest BCUT2D eigenvalue weighted by atomic mass is 35.5. The first-order valence-electron chi connectivity index (χ1n) is 6.67. The molecule has 0 aliphatic heterocycles. The molecule has 2 rings (SSSR count). The highest BCUT2D eigenvalue weighted by molar-refractivity contribution is 6.36. The molecule has 0 aliphatic carbocycles. The van der Waals surface area contributed by atoms with Crippen molar-refractivity contribution in [1.82, 2.24) is 5.32 Å². The lowest BCUT2D eigenvalue weighted by atomic mass is 10.0. The van der Waals surface area contributed by atoms with E-state index in [-0.39, 0.29) is 12.0 Å². The normalized spacial score (nSPS) is 11.8. The number of carbonyl (C=O) groups is 2. The maximum absolute atomic E-state index is 12.9. The number of nitrogens with two attached hydrogens (primary N) is 1. The van der Waals surface area contributed by atoms with Crippen molar-refractivity contribution < 1.29 is 14.0 Å². The summed E-state index contributed by atoms with van der Waals surface area (Å²) in [5, 5.41) is 3.25. The van der Waals surface area contributed by atoms with Gasteiger partial charge in [0.1, 0.15) is 11.9 Å². The molecule has 120 valence electrons. The standard InChI is InChI=1S/C16H13Cl2FN2O2/c17-12-2-1-3-13(18)11(12)8-14(15(20)22)21-16(23)9-4-6-10(19)7-5-9/h1-7,14H,8H2,(H2,20,22)(H,21,23)/t14-/m1/s1. The van der Waals surface area contributed by atoms with Gasteiger partial charge in [0, 0.05) is 22.0 Å². The zero-order chi connectivity index (χ0) is 17.0. The van der Waals surface area contributed by atoms with Crippen LogP contribution in [0.5, 0.6) is 0 Å². The molecule has 0 heterocycles. The number of hydrogen-bond donors (Lipinski definition) is 2. The number of primary amides is 1. The highest BCUT2D eigenvalue weighted by Crippen LogP contribution is 2.25. The highest BCUT2D eigenvalue weighted by Gasteiger charge is 2.22. The summed E-state index contributed by atoms with van der Waals surface area (Å²) in [4.78, 5) is 23.7. The molecule has 0 fully saturated rings. The van der Waals surface area contributed by atoms with Crippen molar-refractivity contribution in [2.45, 2.75) is 12.5 Å². The predicted octanol–water partition coefficient (Wildman–Crippen LogP) is 2.96. The lowest BCUT2D eigenvalue weighted by molar-refractivity contribution is -0.119. The average Bonchev–Trinajstić information content (AvgIpc) is 2.50. The molecule has 0 aromatic heterocycles. The van der Waals surface area contributed by atoms with Crippen LogP contribution in [0.25, 0.3) is 0 Å². The fourth-order valence-corrected chi connectivity index (χ4v) is 2.55. The average molecular weight is 355 g/mol. The van der Waals surface area contributed by atoms with E-state index in [1.807, 2.05) is 0 Å². The first kappa shape index (κ1) is 17.2. The number of halogens is 3. The molecule has 23 heavy (non-hydrogen) atoms. The van der Waals surface area contributed by atoms with Gasteiger partial charge in [-0.05, 0) is 42.0 Å². The number of hydrogen-bond acceptors (Lipinski definition) is 2. The molecule has 0 bridgehead atoms. The van der Waals surface area contributed by atoms with Crippen LogP contribution in [0.1, 0.15) is 15.9 Å². The van der Waals surface area contributed by atoms with E-state index in [1.165, 1.54) is 12.1 Å². The molecule has 7 heteroatoms. The molecule has 0 radical (unpaired) electrons. The summed E-state index contributed by atoms with van der Waals surface area (Å²) in [5.74, 6) is -1.73. The van der Waals surface area contributed by atoms with Gasteiger partial charge in [0.05, 0.1) is 0 Å². The molecule has 0 unspecified atom stereocenters. The number of rotatable bonds is 5. The Bertz CT molecular complexity index is 715. The largest absolute Gasteiger partial charge is 0.368 e. The van der Waals surface area contributed by atoms with Gasteiger partial charge in [-0.3, -0.25) is 9.59 Å². The van der Waals surface area contributed by atoms with E-state index in [2.05, 4.69) is 5.32 Å². The van der Waals surface area contributed by atoms with Gasteiger partial charge in [-0.15, -0.1) is 0 Å². The van der Waals surface area contributed by atoms with Crippen molar-refractivity contribution >= 4 is 35.0 Å². The van der Waals surface area contributed by atoms with Gasteiger partial charge in [-0.1, -0.05) is 29.3 Å². The predicted molar refractivity (Wildman–Crippen MR) is 87.0 cm³/mol. The zero-order valence-electron chi connectivity index (χ0n) is 11.9. The van der Waals surface area contributed by atoms with E-state index in [9.17, 15) is 14.0 Å². The summed E-state index contributed by atoms with van der Waals surface area (Å²) in [7, 11) is 0. The van der Waals surface area contributed by atoms with Crippen molar-refractivity contribution in [2.75, 3.05) is 0 Å². The van der Waals surface area contributed by atoms with Gasteiger partial charge < -0.3 is 11.1 Å². The summed E-state index contributed by atoms with van der Waals surface area (Å²) in [6.07, 6.45) is 0.0563. The Morgan fingerprint density at radius 2 is 1.65 bits per heavy atom. The quantitative estimate of drug-likeness (QED) is 0.866. The van der Waals surface area contributed by atoms with Crippen LogP contribution in [0.2, 0.25) is 10.0 Å². The third-order valence-corrected chi connectivity index (χ3v) is 3.93. The maximum Gasteiger partial charge on any atom is 0.251 e. The summed E-state index contributed by atoms with van der Waals surface area (Å²) in [6.45, 7) is 0. The van der Waals surface area contributed by atoms with Gasteiger partial charge in [-0.2, -0.15) is 0 Å². The van der Waals surface area contributed by atoms with Gasteiger partial charge in [0.15, 0.2) is 0 Å². The minimum absolute atomic E-state index is 0.0563. The molecule has 3 N–H and O–H groups in total. The maximum atomic E-state index is 12.9. The molecule has 0 saturated heterocycles. The lowest BCUT2D eigenvalue weighted by Gasteiger charge is -2.17. The van der Waals surface area contributed by atoms with Crippen molar-refractivity contribution in [3.8, 4) is 0 Å². The molecule has 0 spiro atoms. The van der Waals surface area contributed by atoms with Crippen molar-refractivity contribution in [2.24, 2.45) is 5.73 Å². The molecule has 2 aromatic carbocycles. The van der Waals surface area contributed by atoms with E-state index in [4.69, 9.17) is 28.9 Å². The van der Waals surface area contributed by atoms with Crippen LogP contribution in [0.4, 0.5) is 4.39 Å². The summed E-state index contributed by atoms with van der Waals surface area (Å²) >= 11 is 12.1. The second-order valence-electron chi connectivity index (χ2n) is 4.84. The molecular formula is C16H13Cl2FN2O2. The Morgan fingerprint density at radius 1 is 1.09 bits per heavy atom. The van der Waals surface area contributed by atoms with E-state index < -0.39 is 23.7 Å². The van der Waals surface area contributed by atoms with Crippen LogP contribution in [-0.4, -0.2) is 17.9 Å². The molecule has 1 atom stereocenters. The van der Waals surface area contributed by atoms with Crippen LogP contribution in [0, 0.1) is 5.82 Å². The number of benzene rings is 2. The molecule has 4 nitrogen and oxygen atoms in total. The fraction of sp³-hybridized carbons (Fsp3) is 0.125. The van der Waals surface area contributed by atoms with E-state index in [0.29, 0.717) is 15.6 Å². The molecule has 0 saturated carbocycles. The second kappa shape index (κ2) is 7.44. The monoisotopic (exact) mass is 354 g/mol. The van der Waals surface area contributed by atoms with Crippen molar-refractivity contribution in [3.63, 3.8) is 0 Å². The van der Waals surface area contributed by atoms with E-state index in [1.54, 1.807) is 18.2 Å². The van der Waals surface area contributed by atoms with Crippen LogP contribution in [-0.2, 0) is 11.2 Å². The Balaban J connectivity index is 2.17. The van der Waals surface area contributed by atoms with Crippen LogP contribution in [0.3, 0.4) is 0 Å². The molecule has 0 aliphatic rings. The zero-order valence-corrected chi connectivity index (χ0v) is 13.4. The number of carbonyl (C=O) groups excluding carboxylic acids is 2.